The molecule has 0 atom stereocenters. The summed E-state index contributed by atoms with van der Waals surface area (Å²) in [5.41, 5.74) is 0. The average molecular weight is 238 g/mol. The first-order valence-corrected chi connectivity index (χ1v) is 5.37. The number of amides is 2. The van der Waals surface area contributed by atoms with Crippen LogP contribution in [-0.2, 0) is 11.3 Å². The van der Waals surface area contributed by atoms with Gasteiger partial charge in [0.05, 0.1) is 12.5 Å². The standard InChI is InChI=1S/C11H14N2O4/c1-7-2-3-9(17-7)4-12-11(16)13-5-8(6-13)10(14)15/h2-3,8H,4-6H2,1H3,(H,12,16)(H,14,15). The van der Waals surface area contributed by atoms with Crippen LogP contribution in [0.2, 0.25) is 0 Å². The van der Waals surface area contributed by atoms with Crippen LogP contribution < -0.4 is 5.32 Å². The Labute approximate surface area is 98.2 Å². The zero-order valence-corrected chi connectivity index (χ0v) is 9.47. The molecule has 0 spiro atoms. The van der Waals surface area contributed by atoms with Crippen molar-refractivity contribution in [3.05, 3.63) is 23.7 Å². The van der Waals surface area contributed by atoms with E-state index < -0.39 is 11.9 Å². The lowest BCUT2D eigenvalue weighted by atomic mass is 10.0. The Kier molecular flexibility index (Phi) is 3.03. The third-order valence-corrected chi connectivity index (χ3v) is 2.73. The van der Waals surface area contributed by atoms with Crippen molar-refractivity contribution in [2.75, 3.05) is 13.1 Å². The molecule has 1 saturated heterocycles. The lowest BCUT2D eigenvalue weighted by molar-refractivity contribution is -0.146. The summed E-state index contributed by atoms with van der Waals surface area (Å²) in [4.78, 5) is 23.6. The summed E-state index contributed by atoms with van der Waals surface area (Å²) < 4.78 is 5.30. The number of aliphatic carboxylic acids is 1. The number of carbonyl (C=O) groups is 2. The topological polar surface area (TPSA) is 82.8 Å². The van der Waals surface area contributed by atoms with Gasteiger partial charge in [-0.25, -0.2) is 4.79 Å². The number of furan rings is 1. The first-order chi connectivity index (χ1) is 8.06. The highest BCUT2D eigenvalue weighted by Gasteiger charge is 2.35. The number of hydrogen-bond donors (Lipinski definition) is 2. The number of hydrogen-bond acceptors (Lipinski definition) is 3. The van der Waals surface area contributed by atoms with Gasteiger partial charge in [0, 0.05) is 13.1 Å². The molecular weight excluding hydrogens is 224 g/mol. The molecule has 1 aromatic rings. The van der Waals surface area contributed by atoms with E-state index >= 15 is 0 Å². The lowest BCUT2D eigenvalue weighted by Gasteiger charge is -2.36. The van der Waals surface area contributed by atoms with Crippen molar-refractivity contribution in [2.45, 2.75) is 13.5 Å². The van der Waals surface area contributed by atoms with Crippen molar-refractivity contribution in [1.29, 1.82) is 0 Å². The van der Waals surface area contributed by atoms with E-state index in [0.717, 1.165) is 5.76 Å². The lowest BCUT2D eigenvalue weighted by Crippen LogP contribution is -2.56. The van der Waals surface area contributed by atoms with Crippen molar-refractivity contribution in [3.63, 3.8) is 0 Å². The molecule has 2 rings (SSSR count). The molecule has 2 N–H and O–H groups in total. The van der Waals surface area contributed by atoms with E-state index in [1.54, 1.807) is 6.07 Å². The zero-order chi connectivity index (χ0) is 12.4. The Bertz CT molecular complexity index is 434. The minimum atomic E-state index is -0.851. The average Bonchev–Trinajstić information content (AvgIpc) is 2.58. The van der Waals surface area contributed by atoms with E-state index in [1.165, 1.54) is 4.90 Å². The van der Waals surface area contributed by atoms with Crippen LogP contribution in [0.3, 0.4) is 0 Å². The first-order valence-electron chi connectivity index (χ1n) is 5.37. The molecule has 6 heteroatoms. The molecule has 92 valence electrons. The van der Waals surface area contributed by atoms with Crippen molar-refractivity contribution in [2.24, 2.45) is 5.92 Å². The van der Waals surface area contributed by atoms with E-state index in [4.69, 9.17) is 9.52 Å². The summed E-state index contributed by atoms with van der Waals surface area (Å²) in [5, 5.41) is 11.3. The molecular formula is C11H14N2O4. The highest BCUT2D eigenvalue weighted by molar-refractivity contribution is 5.79. The molecule has 6 nitrogen and oxygen atoms in total. The van der Waals surface area contributed by atoms with Crippen molar-refractivity contribution in [1.82, 2.24) is 10.2 Å². The van der Waals surface area contributed by atoms with Gasteiger partial charge < -0.3 is 19.7 Å². The zero-order valence-electron chi connectivity index (χ0n) is 9.47. The Hall–Kier alpha value is -1.98. The summed E-state index contributed by atoms with van der Waals surface area (Å²) in [7, 11) is 0. The normalized spacial score (nSPS) is 15.5. The highest BCUT2D eigenvalue weighted by Crippen LogP contribution is 2.15. The van der Waals surface area contributed by atoms with Crippen LogP contribution in [0.1, 0.15) is 11.5 Å². The quantitative estimate of drug-likeness (QED) is 0.816. The van der Waals surface area contributed by atoms with Crippen LogP contribution in [0.5, 0.6) is 0 Å². The maximum atomic E-state index is 11.6. The molecule has 0 aliphatic carbocycles. The van der Waals surface area contributed by atoms with Gasteiger partial charge in [0.2, 0.25) is 0 Å². The molecule has 1 fully saturated rings. The number of nitrogens with zero attached hydrogens (tertiary/aromatic N) is 1. The van der Waals surface area contributed by atoms with Crippen molar-refractivity contribution < 1.29 is 19.1 Å². The second kappa shape index (κ2) is 4.48. The third-order valence-electron chi connectivity index (χ3n) is 2.73. The molecule has 1 aliphatic heterocycles. The fourth-order valence-corrected chi connectivity index (χ4v) is 1.66. The Morgan fingerprint density at radius 2 is 2.24 bits per heavy atom. The number of rotatable bonds is 3. The van der Waals surface area contributed by atoms with Crippen molar-refractivity contribution >= 4 is 12.0 Å². The van der Waals surface area contributed by atoms with Gasteiger partial charge in [0.25, 0.3) is 0 Å². The molecule has 1 aromatic heterocycles. The summed E-state index contributed by atoms with van der Waals surface area (Å²) in [6.45, 7) is 2.70. The molecule has 0 radical (unpaired) electrons. The largest absolute Gasteiger partial charge is 0.481 e. The maximum Gasteiger partial charge on any atom is 0.317 e. The van der Waals surface area contributed by atoms with Gasteiger partial charge in [-0.3, -0.25) is 4.79 Å². The Balaban J connectivity index is 1.74. The minimum Gasteiger partial charge on any atom is -0.481 e. The van der Waals surface area contributed by atoms with Gasteiger partial charge in [-0.15, -0.1) is 0 Å². The predicted molar refractivity (Wildman–Crippen MR) is 58.4 cm³/mol. The summed E-state index contributed by atoms with van der Waals surface area (Å²) in [6, 6.07) is 3.37. The van der Waals surface area contributed by atoms with Crippen molar-refractivity contribution in [3.8, 4) is 0 Å². The molecule has 17 heavy (non-hydrogen) atoms. The Morgan fingerprint density at radius 1 is 1.53 bits per heavy atom. The summed E-state index contributed by atoms with van der Waals surface area (Å²) in [5.74, 6) is 0.206. The smallest absolute Gasteiger partial charge is 0.317 e. The summed E-state index contributed by atoms with van der Waals surface area (Å²) >= 11 is 0. The second-order valence-corrected chi connectivity index (χ2v) is 4.11. The van der Waals surface area contributed by atoms with Gasteiger partial charge >= 0.3 is 12.0 Å². The fourth-order valence-electron chi connectivity index (χ4n) is 1.66. The van der Waals surface area contributed by atoms with Gasteiger partial charge in [-0.05, 0) is 19.1 Å². The third kappa shape index (κ3) is 2.58. The van der Waals surface area contributed by atoms with Crippen LogP contribution in [0.15, 0.2) is 16.5 Å². The SMILES string of the molecule is Cc1ccc(CNC(=O)N2CC(C(=O)O)C2)o1. The molecule has 0 aromatic carbocycles. The summed E-state index contributed by atoms with van der Waals surface area (Å²) in [6.07, 6.45) is 0. The molecule has 0 saturated carbocycles. The van der Waals surface area contributed by atoms with E-state index in [2.05, 4.69) is 5.32 Å². The fraction of sp³-hybridized carbons (Fsp3) is 0.455. The number of aryl methyl sites for hydroxylation is 1. The van der Waals surface area contributed by atoms with Gasteiger partial charge in [-0.2, -0.15) is 0 Å². The second-order valence-electron chi connectivity index (χ2n) is 4.11. The van der Waals surface area contributed by atoms with Crippen LogP contribution >= 0.6 is 0 Å². The van der Waals surface area contributed by atoms with E-state index in [0.29, 0.717) is 12.3 Å². The van der Waals surface area contributed by atoms with Gasteiger partial charge in [-0.1, -0.05) is 0 Å². The number of carboxylic acids is 1. The molecule has 0 unspecified atom stereocenters. The molecule has 0 bridgehead atoms. The van der Waals surface area contributed by atoms with Crippen LogP contribution in [0.4, 0.5) is 4.79 Å². The molecule has 1 aliphatic rings. The maximum absolute atomic E-state index is 11.6. The van der Waals surface area contributed by atoms with E-state index in [9.17, 15) is 9.59 Å². The van der Waals surface area contributed by atoms with Crippen LogP contribution in [-0.4, -0.2) is 35.1 Å². The van der Waals surface area contributed by atoms with Gasteiger partial charge in [0.15, 0.2) is 0 Å². The number of nitrogens with one attached hydrogen (secondary N) is 1. The number of carbonyl (C=O) groups excluding carboxylic acids is 1. The van der Waals surface area contributed by atoms with Crippen LogP contribution in [0.25, 0.3) is 0 Å². The number of likely N-dealkylation sites (tertiary alicyclic amines) is 1. The van der Waals surface area contributed by atoms with Crippen LogP contribution in [0, 0.1) is 12.8 Å². The monoisotopic (exact) mass is 238 g/mol. The number of urea groups is 1. The Morgan fingerprint density at radius 3 is 2.76 bits per heavy atom. The van der Waals surface area contributed by atoms with E-state index in [1.807, 2.05) is 13.0 Å². The first kappa shape index (κ1) is 11.5. The predicted octanol–water partition coefficient (Wildman–Crippen LogP) is 0.814. The minimum absolute atomic E-state index is 0.253. The van der Waals surface area contributed by atoms with Gasteiger partial charge in [0.1, 0.15) is 11.5 Å². The molecule has 2 amide bonds. The molecule has 2 heterocycles. The highest BCUT2D eigenvalue weighted by atomic mass is 16.4. The van der Waals surface area contributed by atoms with E-state index in [-0.39, 0.29) is 19.1 Å². The number of carboxylic acid groups (broad SMARTS) is 1.